The van der Waals surface area contributed by atoms with E-state index < -0.39 is 40.3 Å². The number of benzene rings is 2. The molecule has 0 aliphatic rings. The number of carbonyl (C=O) groups excluding carboxylic acids is 1. The molecule has 30 heavy (non-hydrogen) atoms. The van der Waals surface area contributed by atoms with Crippen LogP contribution in [0.3, 0.4) is 0 Å². The van der Waals surface area contributed by atoms with Crippen LogP contribution < -0.4 is 10.6 Å². The van der Waals surface area contributed by atoms with Gasteiger partial charge < -0.3 is 15.7 Å². The van der Waals surface area contributed by atoms with Crippen molar-refractivity contribution in [1.82, 2.24) is 10.3 Å². The molecule has 0 radical (unpaired) electrons. The van der Waals surface area contributed by atoms with Crippen LogP contribution in [0.2, 0.25) is 0 Å². The molecule has 9 heteroatoms. The highest BCUT2D eigenvalue weighted by Crippen LogP contribution is 2.30. The SMILES string of the molecule is Cc1cc(I)ccc1Nc1c(C(=O)O)cc(C(=O)NCc2ccncc2)c(F)c1F. The second-order valence-corrected chi connectivity index (χ2v) is 7.65. The molecule has 1 heterocycles. The molecule has 0 saturated carbocycles. The Kier molecular flexibility index (Phi) is 6.60. The number of hydrogen-bond acceptors (Lipinski definition) is 4. The van der Waals surface area contributed by atoms with Crippen molar-refractivity contribution in [3.05, 3.63) is 86.3 Å². The Morgan fingerprint density at radius 2 is 1.77 bits per heavy atom. The lowest BCUT2D eigenvalue weighted by Crippen LogP contribution is -2.25. The van der Waals surface area contributed by atoms with Gasteiger partial charge in [0.2, 0.25) is 0 Å². The number of carboxylic acid groups (broad SMARTS) is 1. The Bertz CT molecular complexity index is 1120. The van der Waals surface area contributed by atoms with Crippen LogP contribution in [0.1, 0.15) is 31.8 Å². The lowest BCUT2D eigenvalue weighted by molar-refractivity contribution is 0.0697. The van der Waals surface area contributed by atoms with E-state index in [1.54, 1.807) is 37.3 Å². The molecule has 2 aromatic carbocycles. The molecular weight excluding hydrogens is 507 g/mol. The van der Waals surface area contributed by atoms with Gasteiger partial charge in [-0.25, -0.2) is 13.6 Å². The predicted octanol–water partition coefficient (Wildman–Crippen LogP) is 4.64. The van der Waals surface area contributed by atoms with Gasteiger partial charge in [-0.2, -0.15) is 0 Å². The van der Waals surface area contributed by atoms with Crippen molar-refractivity contribution < 1.29 is 23.5 Å². The van der Waals surface area contributed by atoms with Gasteiger partial charge in [0.1, 0.15) is 0 Å². The number of carbonyl (C=O) groups is 2. The summed E-state index contributed by atoms with van der Waals surface area (Å²) in [6, 6.07) is 9.30. The molecule has 3 rings (SSSR count). The molecule has 1 aromatic heterocycles. The van der Waals surface area contributed by atoms with Crippen LogP contribution in [0.25, 0.3) is 0 Å². The van der Waals surface area contributed by atoms with Gasteiger partial charge in [-0.1, -0.05) is 0 Å². The maximum atomic E-state index is 14.8. The molecule has 0 atom stereocenters. The highest BCUT2D eigenvalue weighted by Gasteiger charge is 2.26. The lowest BCUT2D eigenvalue weighted by atomic mass is 10.0. The molecule has 0 aliphatic carbocycles. The van der Waals surface area contributed by atoms with Crippen molar-refractivity contribution in [1.29, 1.82) is 0 Å². The van der Waals surface area contributed by atoms with Crippen LogP contribution in [0.4, 0.5) is 20.2 Å². The van der Waals surface area contributed by atoms with E-state index in [-0.39, 0.29) is 6.54 Å². The predicted molar refractivity (Wildman–Crippen MR) is 116 cm³/mol. The zero-order valence-electron chi connectivity index (χ0n) is 15.7. The largest absolute Gasteiger partial charge is 0.478 e. The number of amides is 1. The summed E-state index contributed by atoms with van der Waals surface area (Å²) < 4.78 is 30.4. The first-order valence-electron chi connectivity index (χ1n) is 8.73. The summed E-state index contributed by atoms with van der Waals surface area (Å²) in [7, 11) is 0. The van der Waals surface area contributed by atoms with E-state index in [9.17, 15) is 23.5 Å². The maximum absolute atomic E-state index is 14.8. The molecule has 0 bridgehead atoms. The number of pyridine rings is 1. The highest BCUT2D eigenvalue weighted by molar-refractivity contribution is 14.1. The Morgan fingerprint density at radius 1 is 1.07 bits per heavy atom. The van der Waals surface area contributed by atoms with Gasteiger partial charge in [-0.05, 0) is 77.0 Å². The summed E-state index contributed by atoms with van der Waals surface area (Å²) >= 11 is 2.10. The van der Waals surface area contributed by atoms with Crippen molar-refractivity contribution in [3.8, 4) is 0 Å². The quantitative estimate of drug-likeness (QED) is 0.410. The Hall–Kier alpha value is -3.08. The van der Waals surface area contributed by atoms with E-state index in [0.717, 1.165) is 15.2 Å². The van der Waals surface area contributed by atoms with Gasteiger partial charge in [0.15, 0.2) is 11.6 Å². The zero-order valence-corrected chi connectivity index (χ0v) is 17.8. The second-order valence-electron chi connectivity index (χ2n) is 6.40. The fraction of sp³-hybridized carbons (Fsp3) is 0.0952. The van der Waals surface area contributed by atoms with Crippen LogP contribution in [-0.4, -0.2) is 22.0 Å². The van der Waals surface area contributed by atoms with Gasteiger partial charge in [0.25, 0.3) is 5.91 Å². The topological polar surface area (TPSA) is 91.3 Å². The van der Waals surface area contributed by atoms with E-state index in [0.29, 0.717) is 11.3 Å². The van der Waals surface area contributed by atoms with Crippen molar-refractivity contribution in [3.63, 3.8) is 0 Å². The van der Waals surface area contributed by atoms with E-state index in [2.05, 4.69) is 38.2 Å². The first kappa shape index (κ1) is 21.6. The number of hydrogen-bond donors (Lipinski definition) is 3. The Balaban J connectivity index is 1.95. The summed E-state index contributed by atoms with van der Waals surface area (Å²) in [5.41, 5.74) is 0.0493. The number of rotatable bonds is 6. The minimum absolute atomic E-state index is 0.0483. The minimum atomic E-state index is -1.50. The average Bonchev–Trinajstić information content (AvgIpc) is 2.72. The van der Waals surface area contributed by atoms with Crippen molar-refractivity contribution in [2.75, 3.05) is 5.32 Å². The molecule has 1 amide bonds. The van der Waals surface area contributed by atoms with Crippen molar-refractivity contribution in [2.24, 2.45) is 0 Å². The van der Waals surface area contributed by atoms with Crippen LogP contribution in [0.5, 0.6) is 0 Å². The number of aromatic carboxylic acids is 1. The molecule has 0 aliphatic heterocycles. The van der Waals surface area contributed by atoms with Crippen LogP contribution in [-0.2, 0) is 6.54 Å². The van der Waals surface area contributed by atoms with Gasteiger partial charge in [0.05, 0.1) is 16.8 Å². The van der Waals surface area contributed by atoms with E-state index in [1.165, 1.54) is 12.4 Å². The minimum Gasteiger partial charge on any atom is -0.478 e. The van der Waals surface area contributed by atoms with Crippen LogP contribution >= 0.6 is 22.6 Å². The highest BCUT2D eigenvalue weighted by atomic mass is 127. The third-order valence-electron chi connectivity index (χ3n) is 4.33. The first-order valence-corrected chi connectivity index (χ1v) is 9.81. The number of carboxylic acids is 1. The Labute approximate surface area is 184 Å². The molecule has 3 aromatic rings. The number of halogens is 3. The number of nitrogens with zero attached hydrogens (tertiary/aromatic N) is 1. The monoisotopic (exact) mass is 523 g/mol. The first-order chi connectivity index (χ1) is 14.3. The summed E-state index contributed by atoms with van der Waals surface area (Å²) in [4.78, 5) is 27.9. The van der Waals surface area contributed by atoms with Crippen LogP contribution in [0, 0.1) is 22.1 Å². The van der Waals surface area contributed by atoms with Gasteiger partial charge in [0, 0.05) is 28.2 Å². The summed E-state index contributed by atoms with van der Waals surface area (Å²) in [6.45, 7) is 1.80. The fourth-order valence-corrected chi connectivity index (χ4v) is 3.41. The van der Waals surface area contributed by atoms with E-state index in [4.69, 9.17) is 0 Å². The standard InChI is InChI=1S/C21H16F2IN3O3/c1-11-8-13(24)2-3-16(11)27-19-15(21(29)30)9-14(17(22)18(19)23)20(28)26-10-12-4-6-25-7-5-12/h2-9,27H,10H2,1H3,(H,26,28)(H,29,30). The second kappa shape index (κ2) is 9.16. The molecule has 0 saturated heterocycles. The van der Waals surface area contributed by atoms with Crippen LogP contribution in [0.15, 0.2) is 48.8 Å². The lowest BCUT2D eigenvalue weighted by Gasteiger charge is -2.16. The normalized spacial score (nSPS) is 10.5. The number of anilines is 2. The third-order valence-corrected chi connectivity index (χ3v) is 5.00. The van der Waals surface area contributed by atoms with E-state index in [1.807, 2.05) is 0 Å². The summed E-state index contributed by atoms with van der Waals surface area (Å²) in [5.74, 6) is -5.30. The average molecular weight is 523 g/mol. The number of aryl methyl sites for hydroxylation is 1. The maximum Gasteiger partial charge on any atom is 0.337 e. The molecule has 0 spiro atoms. The fourth-order valence-electron chi connectivity index (χ4n) is 2.76. The van der Waals surface area contributed by atoms with Gasteiger partial charge in [-0.15, -0.1) is 0 Å². The van der Waals surface area contributed by atoms with Crippen molar-refractivity contribution in [2.45, 2.75) is 13.5 Å². The van der Waals surface area contributed by atoms with Crippen molar-refractivity contribution >= 4 is 45.8 Å². The Morgan fingerprint density at radius 3 is 2.40 bits per heavy atom. The zero-order chi connectivity index (χ0) is 21.8. The summed E-state index contributed by atoms with van der Waals surface area (Å²) in [6.07, 6.45) is 3.05. The smallest absolute Gasteiger partial charge is 0.337 e. The number of aromatic nitrogens is 1. The molecule has 0 unspecified atom stereocenters. The molecule has 154 valence electrons. The van der Waals surface area contributed by atoms with E-state index >= 15 is 0 Å². The summed E-state index contributed by atoms with van der Waals surface area (Å²) in [5, 5.41) is 14.6. The third kappa shape index (κ3) is 4.73. The molecule has 3 N–H and O–H groups in total. The molecular formula is C21H16F2IN3O3. The number of nitrogens with one attached hydrogen (secondary N) is 2. The molecule has 6 nitrogen and oxygen atoms in total. The van der Waals surface area contributed by atoms with Gasteiger partial charge >= 0.3 is 5.97 Å². The molecule has 0 fully saturated rings. The van der Waals surface area contributed by atoms with Gasteiger partial charge in [-0.3, -0.25) is 9.78 Å².